The van der Waals surface area contributed by atoms with Crippen molar-refractivity contribution < 1.29 is 22.1 Å². The van der Waals surface area contributed by atoms with Crippen LogP contribution in [0.15, 0.2) is 96.4 Å². The first kappa shape index (κ1) is 22.8. The molecule has 1 saturated heterocycles. The number of aromatic nitrogens is 3. The number of nitrogens with zero attached hydrogens (tertiary/aromatic N) is 3. The summed E-state index contributed by atoms with van der Waals surface area (Å²) in [6.45, 7) is 0.368. The molecular formula is C27H23N3O5S. The monoisotopic (exact) mass is 501 g/mol. The third-order valence-electron chi connectivity index (χ3n) is 6.58. The fourth-order valence-corrected chi connectivity index (χ4v) is 5.89. The minimum Gasteiger partial charge on any atom is -0.341 e. The molecule has 182 valence electrons. The Morgan fingerprint density at radius 1 is 0.972 bits per heavy atom. The van der Waals surface area contributed by atoms with Crippen molar-refractivity contribution in [3.63, 3.8) is 0 Å². The van der Waals surface area contributed by atoms with Crippen LogP contribution in [0.3, 0.4) is 0 Å². The van der Waals surface area contributed by atoms with Gasteiger partial charge >= 0.3 is 0 Å². The smallest absolute Gasteiger partial charge is 0.297 e. The molecule has 0 aliphatic carbocycles. The van der Waals surface area contributed by atoms with Gasteiger partial charge in [0.1, 0.15) is 30.2 Å². The Balaban J connectivity index is 1.54. The van der Waals surface area contributed by atoms with E-state index in [9.17, 15) is 8.42 Å². The van der Waals surface area contributed by atoms with Crippen molar-refractivity contribution in [2.24, 2.45) is 0 Å². The highest BCUT2D eigenvalue weighted by Gasteiger charge is 2.47. The Bertz CT molecular complexity index is 1660. The minimum atomic E-state index is -4.01. The van der Waals surface area contributed by atoms with E-state index in [2.05, 4.69) is 10.1 Å². The van der Waals surface area contributed by atoms with E-state index in [1.807, 2.05) is 66.7 Å². The van der Waals surface area contributed by atoms with Gasteiger partial charge in [0.15, 0.2) is 0 Å². The first-order valence-electron chi connectivity index (χ1n) is 11.5. The van der Waals surface area contributed by atoms with Gasteiger partial charge in [0.25, 0.3) is 10.1 Å². The van der Waals surface area contributed by atoms with Gasteiger partial charge in [-0.3, -0.25) is 4.18 Å². The van der Waals surface area contributed by atoms with Gasteiger partial charge in [-0.05, 0) is 27.6 Å². The third-order valence-corrected chi connectivity index (χ3v) is 7.91. The van der Waals surface area contributed by atoms with E-state index >= 15 is 0 Å². The zero-order valence-electron chi connectivity index (χ0n) is 19.4. The van der Waals surface area contributed by atoms with E-state index in [1.165, 1.54) is 6.33 Å². The van der Waals surface area contributed by atoms with E-state index in [1.54, 1.807) is 23.1 Å². The van der Waals surface area contributed by atoms with Crippen molar-refractivity contribution in [1.29, 1.82) is 0 Å². The number of hydrogen-bond donors (Lipinski definition) is 0. The molecule has 9 heteroatoms. The van der Waals surface area contributed by atoms with Crippen LogP contribution in [0, 0.1) is 0 Å². The van der Waals surface area contributed by atoms with E-state index < -0.39 is 22.0 Å². The molecule has 1 aliphatic heterocycles. The van der Waals surface area contributed by atoms with Crippen LogP contribution in [0.1, 0.15) is 17.2 Å². The summed E-state index contributed by atoms with van der Waals surface area (Å²) >= 11 is 0. The molecular weight excluding hydrogens is 478 g/mol. The second-order valence-corrected chi connectivity index (χ2v) is 10.3. The van der Waals surface area contributed by atoms with Crippen LogP contribution in [0.4, 0.5) is 0 Å². The van der Waals surface area contributed by atoms with Crippen LogP contribution < -0.4 is 0 Å². The lowest BCUT2D eigenvalue weighted by atomic mass is 9.97. The summed E-state index contributed by atoms with van der Waals surface area (Å²) in [5.41, 5.74) is 1.34. The number of ether oxygens (including phenoxy) is 2. The molecule has 0 N–H and O–H groups in total. The average molecular weight is 502 g/mol. The van der Waals surface area contributed by atoms with Crippen LogP contribution in [-0.4, -0.2) is 36.9 Å². The van der Waals surface area contributed by atoms with Gasteiger partial charge in [-0.1, -0.05) is 72.8 Å². The molecule has 0 amide bonds. The molecule has 2 atom stereocenters. The van der Waals surface area contributed by atoms with Gasteiger partial charge in [-0.2, -0.15) is 13.5 Å². The molecule has 5 aromatic rings. The standard InChI is InChI=1S/C27H23N3O5S/c1-33-36(31,32)25-14-13-20-8-3-5-11-22(20)26(25)24-15-34-27(35-24,16-30-18-28-17-29-30)23-12-6-9-19-7-2-4-10-21(19)23/h2-14,17-18,24H,15-16H2,1H3/t24-,27+/m0/s1. The zero-order valence-corrected chi connectivity index (χ0v) is 20.3. The molecule has 6 rings (SSSR count). The second kappa shape index (κ2) is 8.79. The van der Waals surface area contributed by atoms with Crippen molar-refractivity contribution in [2.75, 3.05) is 13.7 Å². The third kappa shape index (κ3) is 3.77. The van der Waals surface area contributed by atoms with E-state index in [0.717, 1.165) is 34.2 Å². The fourth-order valence-electron chi connectivity index (χ4n) is 4.96. The Labute approximate surface area is 208 Å². The van der Waals surface area contributed by atoms with Gasteiger partial charge in [0.2, 0.25) is 5.79 Å². The highest BCUT2D eigenvalue weighted by Crippen LogP contribution is 2.46. The van der Waals surface area contributed by atoms with Gasteiger partial charge in [0.05, 0.1) is 13.7 Å². The van der Waals surface area contributed by atoms with Gasteiger partial charge in [-0.25, -0.2) is 9.67 Å². The summed E-state index contributed by atoms with van der Waals surface area (Å²) in [6, 6.07) is 24.9. The molecule has 36 heavy (non-hydrogen) atoms. The van der Waals surface area contributed by atoms with Crippen molar-refractivity contribution in [3.05, 3.63) is 103 Å². The largest absolute Gasteiger partial charge is 0.341 e. The fraction of sp³-hybridized carbons (Fsp3) is 0.185. The Morgan fingerprint density at radius 3 is 2.44 bits per heavy atom. The van der Waals surface area contributed by atoms with Gasteiger partial charge in [0, 0.05) is 11.1 Å². The highest BCUT2D eigenvalue weighted by molar-refractivity contribution is 7.86. The van der Waals surface area contributed by atoms with Crippen molar-refractivity contribution in [2.45, 2.75) is 23.3 Å². The molecule has 4 aromatic carbocycles. The van der Waals surface area contributed by atoms with Crippen LogP contribution in [0.5, 0.6) is 0 Å². The molecule has 0 spiro atoms. The lowest BCUT2D eigenvalue weighted by Gasteiger charge is -2.30. The zero-order chi connectivity index (χ0) is 24.8. The summed E-state index contributed by atoms with van der Waals surface area (Å²) in [7, 11) is -2.85. The van der Waals surface area contributed by atoms with Crippen LogP contribution in [0.25, 0.3) is 21.5 Å². The Hall–Kier alpha value is -3.63. The van der Waals surface area contributed by atoms with Crippen molar-refractivity contribution in [1.82, 2.24) is 14.8 Å². The van der Waals surface area contributed by atoms with E-state index in [-0.39, 0.29) is 18.0 Å². The Kier molecular flexibility index (Phi) is 5.57. The summed E-state index contributed by atoms with van der Waals surface area (Å²) < 4.78 is 45.7. The van der Waals surface area contributed by atoms with Crippen LogP contribution in [-0.2, 0) is 36.1 Å². The molecule has 1 fully saturated rings. The molecule has 8 nitrogen and oxygen atoms in total. The first-order chi connectivity index (χ1) is 17.5. The number of fused-ring (bicyclic) bond motifs is 2. The predicted octanol–water partition coefficient (Wildman–Crippen LogP) is 4.56. The number of benzene rings is 4. The first-order valence-corrected chi connectivity index (χ1v) is 12.9. The molecule has 0 radical (unpaired) electrons. The molecule has 1 aliphatic rings. The van der Waals surface area contributed by atoms with Crippen molar-refractivity contribution >= 4 is 31.7 Å². The highest BCUT2D eigenvalue weighted by atomic mass is 32.2. The summed E-state index contributed by atoms with van der Waals surface area (Å²) in [5, 5.41) is 7.95. The quantitative estimate of drug-likeness (QED) is 0.315. The molecule has 0 unspecified atom stereocenters. The lowest BCUT2D eigenvalue weighted by Crippen LogP contribution is -2.33. The second-order valence-electron chi connectivity index (χ2n) is 8.61. The minimum absolute atomic E-state index is 0.0618. The Morgan fingerprint density at radius 2 is 1.69 bits per heavy atom. The predicted molar refractivity (Wildman–Crippen MR) is 134 cm³/mol. The number of rotatable bonds is 6. The lowest BCUT2D eigenvalue weighted by molar-refractivity contribution is -0.188. The van der Waals surface area contributed by atoms with Crippen LogP contribution >= 0.6 is 0 Å². The molecule has 1 aromatic heterocycles. The molecule has 0 saturated carbocycles. The maximum absolute atomic E-state index is 12.9. The molecule has 2 heterocycles. The average Bonchev–Trinajstić information content (AvgIpc) is 3.58. The van der Waals surface area contributed by atoms with Gasteiger partial charge in [-0.15, -0.1) is 0 Å². The SMILES string of the molecule is COS(=O)(=O)c1ccc2ccccc2c1[C@@H]1CO[C@@](Cn2cncn2)(c2cccc3ccccc23)O1. The maximum Gasteiger partial charge on any atom is 0.297 e. The van der Waals surface area contributed by atoms with E-state index in [4.69, 9.17) is 13.7 Å². The normalized spacial score (nSPS) is 20.3. The van der Waals surface area contributed by atoms with Crippen LogP contribution in [0.2, 0.25) is 0 Å². The van der Waals surface area contributed by atoms with Gasteiger partial charge < -0.3 is 9.47 Å². The van der Waals surface area contributed by atoms with Crippen molar-refractivity contribution in [3.8, 4) is 0 Å². The summed E-state index contributed by atoms with van der Waals surface area (Å²) in [5.74, 6) is -1.23. The number of hydrogen-bond acceptors (Lipinski definition) is 7. The summed E-state index contributed by atoms with van der Waals surface area (Å²) in [4.78, 5) is 4.13. The molecule has 0 bridgehead atoms. The van der Waals surface area contributed by atoms with E-state index in [0.29, 0.717) is 5.56 Å². The maximum atomic E-state index is 12.9. The topological polar surface area (TPSA) is 92.5 Å². The summed E-state index contributed by atoms with van der Waals surface area (Å²) in [6.07, 6.45) is 2.38.